The molecule has 0 saturated heterocycles. The molecule has 0 aromatic rings. The average Bonchev–Trinajstić information content (AvgIpc) is 2.25. The molecule has 0 aliphatic rings. The third-order valence-electron chi connectivity index (χ3n) is 2.09. The predicted octanol–water partition coefficient (Wildman–Crippen LogP) is 2.25. The van der Waals surface area contributed by atoms with Crippen LogP contribution in [0.4, 0.5) is 0 Å². The summed E-state index contributed by atoms with van der Waals surface area (Å²) < 4.78 is 16.2. The molecule has 0 aliphatic heterocycles. The number of rotatable bonds is 9. The molecule has 0 amide bonds. The predicted molar refractivity (Wildman–Crippen MR) is 65.5 cm³/mol. The Morgan fingerprint density at radius 1 is 1.31 bits per heavy atom. The van der Waals surface area contributed by atoms with Crippen LogP contribution in [0, 0.1) is 0 Å². The Balaban J connectivity index is 3.84. The van der Waals surface area contributed by atoms with E-state index in [2.05, 4.69) is 6.58 Å². The van der Waals surface area contributed by atoms with Gasteiger partial charge in [-0.05, 0) is 32.9 Å². The molecule has 0 N–H and O–H groups in total. The standard InChI is InChI=1S/C11H22O4Si/c1-5-11(12)13-9-8-10-16(4,14-6-2)15-7-3/h5H,1,6-10H2,2-4H3. The molecule has 0 heterocycles. The molecule has 0 unspecified atom stereocenters. The monoisotopic (exact) mass is 246 g/mol. The summed E-state index contributed by atoms with van der Waals surface area (Å²) in [6.45, 7) is 11.0. The van der Waals surface area contributed by atoms with E-state index in [-0.39, 0.29) is 5.97 Å². The smallest absolute Gasteiger partial charge is 0.335 e. The molecule has 16 heavy (non-hydrogen) atoms. The Labute approximate surface area is 98.8 Å². The van der Waals surface area contributed by atoms with Crippen molar-refractivity contribution in [2.45, 2.75) is 32.9 Å². The van der Waals surface area contributed by atoms with E-state index in [1.54, 1.807) is 0 Å². The van der Waals surface area contributed by atoms with Crippen molar-refractivity contribution in [1.29, 1.82) is 0 Å². The summed E-state index contributed by atoms with van der Waals surface area (Å²) in [5.41, 5.74) is 0. The van der Waals surface area contributed by atoms with Gasteiger partial charge < -0.3 is 13.6 Å². The molecule has 94 valence electrons. The molecule has 0 saturated carbocycles. The first-order valence-electron chi connectivity index (χ1n) is 5.65. The van der Waals surface area contributed by atoms with Crippen LogP contribution < -0.4 is 0 Å². The summed E-state index contributed by atoms with van der Waals surface area (Å²) in [7, 11) is -2.05. The van der Waals surface area contributed by atoms with Crippen LogP contribution in [0.25, 0.3) is 0 Å². The molecule has 0 fully saturated rings. The number of carbonyl (C=O) groups is 1. The normalized spacial score (nSPS) is 11.2. The Hall–Kier alpha value is -0.653. The molecule has 4 nitrogen and oxygen atoms in total. The topological polar surface area (TPSA) is 44.8 Å². The van der Waals surface area contributed by atoms with Gasteiger partial charge in [0.15, 0.2) is 0 Å². The maximum atomic E-state index is 10.8. The van der Waals surface area contributed by atoms with Crippen LogP contribution in [-0.4, -0.2) is 34.4 Å². The van der Waals surface area contributed by atoms with Crippen LogP contribution in [-0.2, 0) is 18.4 Å². The molecule has 0 aliphatic carbocycles. The van der Waals surface area contributed by atoms with Crippen LogP contribution >= 0.6 is 0 Å². The summed E-state index contributed by atoms with van der Waals surface area (Å²) in [4.78, 5) is 10.8. The molecular weight excluding hydrogens is 224 g/mol. The second-order valence-electron chi connectivity index (χ2n) is 3.48. The lowest BCUT2D eigenvalue weighted by Gasteiger charge is -2.25. The fourth-order valence-electron chi connectivity index (χ4n) is 1.42. The Morgan fingerprint density at radius 2 is 1.88 bits per heavy atom. The second kappa shape index (κ2) is 8.49. The maximum Gasteiger partial charge on any atom is 0.335 e. The molecule has 0 spiro atoms. The third kappa shape index (κ3) is 6.76. The van der Waals surface area contributed by atoms with Gasteiger partial charge in [0.25, 0.3) is 0 Å². The van der Waals surface area contributed by atoms with Gasteiger partial charge in [0.2, 0.25) is 0 Å². The average molecular weight is 246 g/mol. The van der Waals surface area contributed by atoms with Gasteiger partial charge in [0.1, 0.15) is 0 Å². The van der Waals surface area contributed by atoms with Crippen molar-refractivity contribution in [2.75, 3.05) is 19.8 Å². The highest BCUT2D eigenvalue weighted by Gasteiger charge is 2.29. The number of hydrogen-bond donors (Lipinski definition) is 0. The molecule has 5 heteroatoms. The van der Waals surface area contributed by atoms with Crippen molar-refractivity contribution in [3.05, 3.63) is 12.7 Å². The van der Waals surface area contributed by atoms with Crippen molar-refractivity contribution in [2.24, 2.45) is 0 Å². The first kappa shape index (κ1) is 15.3. The molecule has 0 aromatic carbocycles. The van der Waals surface area contributed by atoms with E-state index in [9.17, 15) is 4.79 Å². The first-order valence-corrected chi connectivity index (χ1v) is 8.17. The molecule has 0 atom stereocenters. The highest BCUT2D eigenvalue weighted by Crippen LogP contribution is 2.15. The van der Waals surface area contributed by atoms with Crippen molar-refractivity contribution >= 4 is 14.5 Å². The van der Waals surface area contributed by atoms with Gasteiger partial charge in [-0.2, -0.15) is 0 Å². The molecule has 0 radical (unpaired) electrons. The summed E-state index contributed by atoms with van der Waals surface area (Å²) in [5, 5.41) is 0. The number of ether oxygens (including phenoxy) is 1. The summed E-state index contributed by atoms with van der Waals surface area (Å²) in [6.07, 6.45) is 1.93. The van der Waals surface area contributed by atoms with Crippen LogP contribution in [0.3, 0.4) is 0 Å². The molecule has 0 bridgehead atoms. The Morgan fingerprint density at radius 3 is 2.31 bits per heavy atom. The van der Waals surface area contributed by atoms with Gasteiger partial charge in [-0.25, -0.2) is 4.79 Å². The van der Waals surface area contributed by atoms with Crippen molar-refractivity contribution < 1.29 is 18.4 Å². The minimum Gasteiger partial charge on any atom is -0.463 e. The maximum absolute atomic E-state index is 10.8. The Bertz CT molecular complexity index is 212. The van der Waals surface area contributed by atoms with Crippen LogP contribution in [0.1, 0.15) is 20.3 Å². The zero-order chi connectivity index (χ0) is 12.4. The van der Waals surface area contributed by atoms with Crippen LogP contribution in [0.5, 0.6) is 0 Å². The number of hydrogen-bond acceptors (Lipinski definition) is 4. The minimum absolute atomic E-state index is 0.379. The molecule has 0 rings (SSSR count). The van der Waals surface area contributed by atoms with E-state index in [1.807, 2.05) is 20.4 Å². The van der Waals surface area contributed by atoms with E-state index in [4.69, 9.17) is 13.6 Å². The number of carbonyl (C=O) groups excluding carboxylic acids is 1. The lowest BCUT2D eigenvalue weighted by Crippen LogP contribution is -2.38. The van der Waals surface area contributed by atoms with Gasteiger partial charge in [0.05, 0.1) is 6.61 Å². The van der Waals surface area contributed by atoms with E-state index in [1.165, 1.54) is 6.08 Å². The van der Waals surface area contributed by atoms with E-state index in [0.29, 0.717) is 19.8 Å². The summed E-state index contributed by atoms with van der Waals surface area (Å²) in [6, 6.07) is 0.832. The largest absolute Gasteiger partial charge is 0.463 e. The van der Waals surface area contributed by atoms with E-state index >= 15 is 0 Å². The molecular formula is C11H22O4Si. The van der Waals surface area contributed by atoms with E-state index in [0.717, 1.165) is 12.5 Å². The van der Waals surface area contributed by atoms with Crippen molar-refractivity contribution in [3.63, 3.8) is 0 Å². The minimum atomic E-state index is -2.05. The highest BCUT2D eigenvalue weighted by molar-refractivity contribution is 6.66. The summed E-state index contributed by atoms with van der Waals surface area (Å²) in [5.74, 6) is -0.379. The van der Waals surface area contributed by atoms with Gasteiger partial charge in [-0.3, -0.25) is 0 Å². The molecule has 0 aromatic heterocycles. The third-order valence-corrected chi connectivity index (χ3v) is 5.15. The fraction of sp³-hybridized carbons (Fsp3) is 0.727. The lowest BCUT2D eigenvalue weighted by atomic mass is 10.5. The number of esters is 1. The fourth-order valence-corrected chi connectivity index (χ4v) is 3.80. The highest BCUT2D eigenvalue weighted by atomic mass is 28.4. The summed E-state index contributed by atoms with van der Waals surface area (Å²) >= 11 is 0. The van der Waals surface area contributed by atoms with Crippen LogP contribution in [0.15, 0.2) is 12.7 Å². The first-order chi connectivity index (χ1) is 7.58. The second-order valence-corrected chi connectivity index (χ2v) is 6.82. The van der Waals surface area contributed by atoms with Gasteiger partial charge in [-0.1, -0.05) is 6.58 Å². The zero-order valence-electron chi connectivity index (χ0n) is 10.5. The lowest BCUT2D eigenvalue weighted by molar-refractivity contribution is -0.137. The van der Waals surface area contributed by atoms with E-state index < -0.39 is 8.56 Å². The van der Waals surface area contributed by atoms with Crippen molar-refractivity contribution in [3.8, 4) is 0 Å². The van der Waals surface area contributed by atoms with Crippen LogP contribution in [0.2, 0.25) is 12.6 Å². The SMILES string of the molecule is C=CC(=O)OCCC[Si](C)(OCC)OCC. The Kier molecular flexibility index (Phi) is 8.15. The van der Waals surface area contributed by atoms with Crippen molar-refractivity contribution in [1.82, 2.24) is 0 Å². The van der Waals surface area contributed by atoms with Gasteiger partial charge >= 0.3 is 14.5 Å². The van der Waals surface area contributed by atoms with Gasteiger partial charge in [0, 0.05) is 19.3 Å². The quantitative estimate of drug-likeness (QED) is 0.271. The zero-order valence-corrected chi connectivity index (χ0v) is 11.5. The van der Waals surface area contributed by atoms with Gasteiger partial charge in [-0.15, -0.1) is 0 Å².